The van der Waals surface area contributed by atoms with E-state index in [4.69, 9.17) is 0 Å². The fourth-order valence-electron chi connectivity index (χ4n) is 4.80. The number of halogens is 1. The number of benzene rings is 1. The Balaban J connectivity index is 1.54. The second-order valence-corrected chi connectivity index (χ2v) is 10.0. The molecule has 0 saturated carbocycles. The average Bonchev–Trinajstić information content (AvgIpc) is 3.54. The van der Waals surface area contributed by atoms with Gasteiger partial charge in [0.25, 0.3) is 5.56 Å². The molecule has 4 aromatic rings. The zero-order valence-electron chi connectivity index (χ0n) is 22.9. The van der Waals surface area contributed by atoms with Gasteiger partial charge in [0.05, 0.1) is 18.3 Å². The van der Waals surface area contributed by atoms with Gasteiger partial charge in [-0.15, -0.1) is 0 Å². The molecule has 1 aromatic carbocycles. The lowest BCUT2D eigenvalue weighted by Crippen LogP contribution is -2.37. The Labute approximate surface area is 237 Å². The smallest absolute Gasteiger partial charge is 0.275 e. The first-order valence-electron chi connectivity index (χ1n) is 13.5. The summed E-state index contributed by atoms with van der Waals surface area (Å²) in [6.07, 6.45) is 6.98. The highest BCUT2D eigenvalue weighted by Crippen LogP contribution is 2.26. The number of rotatable bonds is 9. The molecule has 1 fully saturated rings. The van der Waals surface area contributed by atoms with Gasteiger partial charge in [-0.1, -0.05) is 0 Å². The molecule has 2 N–H and O–H groups in total. The molecule has 1 atom stereocenters. The highest BCUT2D eigenvalue weighted by Gasteiger charge is 2.19. The minimum atomic E-state index is -0.496. The van der Waals surface area contributed by atoms with Gasteiger partial charge in [0.2, 0.25) is 5.91 Å². The molecule has 0 aliphatic carbocycles. The van der Waals surface area contributed by atoms with E-state index in [1.54, 1.807) is 49.1 Å². The van der Waals surface area contributed by atoms with Crippen molar-refractivity contribution in [3.8, 4) is 11.3 Å². The molecule has 0 bridgehead atoms. The highest BCUT2D eigenvalue weighted by molar-refractivity contribution is 6.08. The number of aromatic nitrogens is 3. The Morgan fingerprint density at radius 2 is 1.76 bits per heavy atom. The Kier molecular flexibility index (Phi) is 8.30. The summed E-state index contributed by atoms with van der Waals surface area (Å²) in [6.45, 7) is 3.66. The third kappa shape index (κ3) is 6.22. The monoisotopic (exact) mass is 554 g/mol. The Hall–Kier alpha value is -4.70. The van der Waals surface area contributed by atoms with Crippen LogP contribution in [0.1, 0.15) is 41.3 Å². The molecule has 0 radical (unpaired) electrons. The zero-order valence-corrected chi connectivity index (χ0v) is 22.9. The maximum absolute atomic E-state index is 13.8. The van der Waals surface area contributed by atoms with Crippen LogP contribution in [-0.4, -0.2) is 52.4 Å². The normalized spacial score (nSPS) is 13.7. The first-order valence-corrected chi connectivity index (χ1v) is 13.5. The lowest BCUT2D eigenvalue weighted by Gasteiger charge is -2.19. The van der Waals surface area contributed by atoms with Crippen LogP contribution >= 0.6 is 0 Å². The van der Waals surface area contributed by atoms with Gasteiger partial charge in [-0.2, -0.15) is 0 Å². The molecule has 0 spiro atoms. The van der Waals surface area contributed by atoms with E-state index in [1.165, 1.54) is 30.5 Å². The number of carbonyl (C=O) groups excluding carboxylic acids is 2. The number of hydrogen-bond donors (Lipinski definition) is 2. The van der Waals surface area contributed by atoms with Crippen LogP contribution in [0.15, 0.2) is 78.0 Å². The van der Waals surface area contributed by atoms with E-state index in [9.17, 15) is 18.8 Å². The molecule has 9 nitrogen and oxygen atoms in total. The second kappa shape index (κ2) is 12.2. The van der Waals surface area contributed by atoms with Gasteiger partial charge in [-0.3, -0.25) is 19.4 Å². The number of carbonyl (C=O) groups is 2. The zero-order chi connectivity index (χ0) is 28.9. The van der Waals surface area contributed by atoms with E-state index in [0.29, 0.717) is 22.4 Å². The van der Waals surface area contributed by atoms with Crippen molar-refractivity contribution >= 4 is 23.2 Å². The summed E-state index contributed by atoms with van der Waals surface area (Å²) in [5.41, 5.74) is 2.44. The number of ketones is 1. The van der Waals surface area contributed by atoms with E-state index >= 15 is 0 Å². The van der Waals surface area contributed by atoms with Crippen molar-refractivity contribution in [3.05, 3.63) is 106 Å². The highest BCUT2D eigenvalue weighted by atomic mass is 19.1. The van der Waals surface area contributed by atoms with Crippen molar-refractivity contribution in [2.45, 2.75) is 32.4 Å². The van der Waals surface area contributed by atoms with Crippen LogP contribution in [0, 0.1) is 5.82 Å². The van der Waals surface area contributed by atoms with E-state index in [-0.39, 0.29) is 23.9 Å². The van der Waals surface area contributed by atoms with Crippen molar-refractivity contribution in [2.75, 3.05) is 30.4 Å². The van der Waals surface area contributed by atoms with Crippen LogP contribution in [-0.2, 0) is 11.3 Å². The van der Waals surface area contributed by atoms with Crippen LogP contribution in [0.25, 0.3) is 11.3 Å². The summed E-state index contributed by atoms with van der Waals surface area (Å²) in [6, 6.07) is 13.7. The Morgan fingerprint density at radius 3 is 2.49 bits per heavy atom. The van der Waals surface area contributed by atoms with Gasteiger partial charge in [-0.25, -0.2) is 9.37 Å². The maximum Gasteiger partial charge on any atom is 0.275 e. The first kappa shape index (κ1) is 27.9. The summed E-state index contributed by atoms with van der Waals surface area (Å²) in [4.78, 5) is 50.4. The number of pyridine rings is 3. The Morgan fingerprint density at radius 1 is 1.00 bits per heavy atom. The lowest BCUT2D eigenvalue weighted by molar-refractivity contribution is -0.117. The summed E-state index contributed by atoms with van der Waals surface area (Å²) >= 11 is 0. The third-order valence-electron chi connectivity index (χ3n) is 7.23. The summed E-state index contributed by atoms with van der Waals surface area (Å²) < 4.78 is 14.9. The van der Waals surface area contributed by atoms with E-state index in [2.05, 4.69) is 25.5 Å². The predicted octanol–water partition coefficient (Wildman–Crippen LogP) is 3.87. The average molecular weight is 555 g/mol. The van der Waals surface area contributed by atoms with Crippen LogP contribution in [0.4, 0.5) is 15.9 Å². The number of amides is 1. The fourth-order valence-corrected chi connectivity index (χ4v) is 4.80. The third-order valence-corrected chi connectivity index (χ3v) is 7.23. The molecular formula is C31H31FN6O3. The van der Waals surface area contributed by atoms with Crippen molar-refractivity contribution < 1.29 is 14.0 Å². The van der Waals surface area contributed by atoms with Gasteiger partial charge in [0.15, 0.2) is 5.78 Å². The van der Waals surface area contributed by atoms with Gasteiger partial charge >= 0.3 is 0 Å². The number of anilines is 2. The van der Waals surface area contributed by atoms with Crippen LogP contribution in [0.5, 0.6) is 0 Å². The molecule has 1 amide bonds. The van der Waals surface area contributed by atoms with Gasteiger partial charge < -0.3 is 20.1 Å². The number of likely N-dealkylation sites (N-methyl/N-ethyl adjacent to an activating group) is 1. The molecule has 1 aliphatic heterocycles. The van der Waals surface area contributed by atoms with E-state index < -0.39 is 17.4 Å². The number of nitrogens with zero attached hydrogens (tertiary/aromatic N) is 4. The first-order chi connectivity index (χ1) is 19.8. The minimum absolute atomic E-state index is 0.0956. The number of nitrogens with one attached hydrogen (secondary N) is 2. The topological polar surface area (TPSA) is 109 Å². The standard InChI is InChI=1S/C31H31FN6O3/c1-20(33-2)30(40)36-26-9-10-27(23-11-12-35-28(16-23)37-13-3-4-14-37)38(31(26)41)19-21-15-24(18-34-17-21)29(39)22-5-7-25(32)8-6-22/h5-12,15-18,20,33H,3-4,13-14,19H2,1-2H3,(H,36,40). The van der Waals surface area contributed by atoms with E-state index in [0.717, 1.165) is 37.3 Å². The molecule has 1 aliphatic rings. The number of hydrogen-bond acceptors (Lipinski definition) is 7. The van der Waals surface area contributed by atoms with Crippen molar-refractivity contribution in [1.82, 2.24) is 19.9 Å². The van der Waals surface area contributed by atoms with Crippen LogP contribution in [0.3, 0.4) is 0 Å². The fraction of sp³-hybridized carbons (Fsp3) is 0.258. The predicted molar refractivity (Wildman–Crippen MR) is 156 cm³/mol. The van der Waals surface area contributed by atoms with Gasteiger partial charge in [0, 0.05) is 48.4 Å². The molecule has 5 rings (SSSR count). The molecule has 1 saturated heterocycles. The molecule has 4 heterocycles. The van der Waals surface area contributed by atoms with Gasteiger partial charge in [-0.05, 0) is 87.0 Å². The van der Waals surface area contributed by atoms with Crippen molar-refractivity contribution in [2.24, 2.45) is 0 Å². The molecular weight excluding hydrogens is 523 g/mol. The SMILES string of the molecule is CNC(C)C(=O)Nc1ccc(-c2ccnc(N3CCCC3)c2)n(Cc2cncc(C(=O)c3ccc(F)cc3)c2)c1=O. The van der Waals surface area contributed by atoms with Crippen LogP contribution < -0.4 is 21.1 Å². The largest absolute Gasteiger partial charge is 0.357 e. The molecule has 3 aromatic heterocycles. The summed E-state index contributed by atoms with van der Waals surface area (Å²) in [5.74, 6) is -0.232. The molecule has 1 unspecified atom stereocenters. The summed E-state index contributed by atoms with van der Waals surface area (Å²) in [5, 5.41) is 5.59. The lowest BCUT2D eigenvalue weighted by atomic mass is 10.0. The summed E-state index contributed by atoms with van der Waals surface area (Å²) in [7, 11) is 1.67. The molecule has 210 valence electrons. The minimum Gasteiger partial charge on any atom is -0.357 e. The van der Waals surface area contributed by atoms with Crippen molar-refractivity contribution in [1.29, 1.82) is 0 Å². The van der Waals surface area contributed by atoms with Crippen LogP contribution in [0.2, 0.25) is 0 Å². The Bertz CT molecular complexity index is 1630. The quantitative estimate of drug-likeness (QED) is 0.302. The maximum atomic E-state index is 13.8. The van der Waals surface area contributed by atoms with Gasteiger partial charge in [0.1, 0.15) is 17.3 Å². The second-order valence-electron chi connectivity index (χ2n) is 10.0. The van der Waals surface area contributed by atoms with E-state index in [1.807, 2.05) is 12.1 Å². The van der Waals surface area contributed by atoms with Crippen molar-refractivity contribution in [3.63, 3.8) is 0 Å². The molecule has 41 heavy (non-hydrogen) atoms. The molecule has 10 heteroatoms.